The van der Waals surface area contributed by atoms with E-state index in [-0.39, 0.29) is 22.3 Å². The molecule has 4 bridgehead atoms. The normalized spacial score (nSPS) is 32.3. The summed E-state index contributed by atoms with van der Waals surface area (Å²) >= 11 is 0. The molecular formula is C22H32N2O3S. The molecule has 154 valence electrons. The molecule has 6 heteroatoms. The first-order valence-corrected chi connectivity index (χ1v) is 12.1. The van der Waals surface area contributed by atoms with Crippen LogP contribution in [-0.2, 0) is 10.0 Å². The topological polar surface area (TPSA) is 75.3 Å². The first-order chi connectivity index (χ1) is 13.2. The van der Waals surface area contributed by atoms with Gasteiger partial charge in [-0.05, 0) is 93.2 Å². The molecule has 5 nitrogen and oxygen atoms in total. The molecule has 1 aromatic rings. The zero-order valence-corrected chi connectivity index (χ0v) is 17.9. The standard InChI is InChI=1S/C22H32N2O3S/c1-4-23-28(26,27)19-6-5-14(2)20(10-19)21(25)24-15(3)22-11-16-7-17(12-22)9-18(8-16)13-22/h5-6,10,15-18,23H,4,7-9,11-13H2,1-3H3,(H,24,25)/t15-,16?,17?,18?,22?/m0/s1. The van der Waals surface area contributed by atoms with Gasteiger partial charge in [0, 0.05) is 18.2 Å². The highest BCUT2D eigenvalue weighted by molar-refractivity contribution is 7.89. The van der Waals surface area contributed by atoms with Gasteiger partial charge < -0.3 is 5.32 Å². The Bertz CT molecular complexity index is 842. The smallest absolute Gasteiger partial charge is 0.251 e. The third-order valence-corrected chi connectivity index (χ3v) is 8.99. The number of hydrogen-bond acceptors (Lipinski definition) is 3. The Morgan fingerprint density at radius 3 is 2.25 bits per heavy atom. The molecule has 4 fully saturated rings. The molecule has 0 aromatic heterocycles. The maximum Gasteiger partial charge on any atom is 0.251 e. The number of nitrogens with one attached hydrogen (secondary N) is 2. The Hall–Kier alpha value is -1.40. The fraction of sp³-hybridized carbons (Fsp3) is 0.682. The minimum atomic E-state index is -3.58. The van der Waals surface area contributed by atoms with Crippen LogP contribution < -0.4 is 10.0 Å². The number of carbonyl (C=O) groups excluding carboxylic acids is 1. The first kappa shape index (κ1) is 19.9. The van der Waals surface area contributed by atoms with Gasteiger partial charge in [-0.15, -0.1) is 0 Å². The zero-order valence-electron chi connectivity index (χ0n) is 17.1. The van der Waals surface area contributed by atoms with Gasteiger partial charge in [-0.3, -0.25) is 4.79 Å². The van der Waals surface area contributed by atoms with Crippen LogP contribution in [0.25, 0.3) is 0 Å². The Kier molecular flexibility index (Phi) is 5.07. The summed E-state index contributed by atoms with van der Waals surface area (Å²) in [5.41, 5.74) is 1.48. The molecule has 2 N–H and O–H groups in total. The molecule has 0 unspecified atom stereocenters. The van der Waals surface area contributed by atoms with Crippen LogP contribution in [0.15, 0.2) is 23.1 Å². The highest BCUT2D eigenvalue weighted by atomic mass is 32.2. The number of benzene rings is 1. The van der Waals surface area contributed by atoms with Crippen molar-refractivity contribution in [3.05, 3.63) is 29.3 Å². The average Bonchev–Trinajstić information content (AvgIpc) is 2.60. The van der Waals surface area contributed by atoms with E-state index in [0.29, 0.717) is 12.1 Å². The first-order valence-electron chi connectivity index (χ1n) is 10.6. The lowest BCUT2D eigenvalue weighted by atomic mass is 9.48. The number of amides is 1. The zero-order chi connectivity index (χ0) is 20.1. The van der Waals surface area contributed by atoms with Crippen LogP contribution >= 0.6 is 0 Å². The number of aryl methyl sites for hydroxylation is 1. The van der Waals surface area contributed by atoms with Crippen molar-refractivity contribution >= 4 is 15.9 Å². The van der Waals surface area contributed by atoms with Gasteiger partial charge in [0.1, 0.15) is 0 Å². The molecule has 28 heavy (non-hydrogen) atoms. The lowest BCUT2D eigenvalue weighted by molar-refractivity contribution is -0.0688. The van der Waals surface area contributed by atoms with E-state index in [2.05, 4.69) is 17.0 Å². The molecule has 1 amide bonds. The third-order valence-electron chi connectivity index (χ3n) is 7.45. The van der Waals surface area contributed by atoms with Crippen molar-refractivity contribution in [3.8, 4) is 0 Å². The number of carbonyl (C=O) groups is 1. The molecule has 0 heterocycles. The number of hydrogen-bond donors (Lipinski definition) is 2. The molecule has 0 spiro atoms. The van der Waals surface area contributed by atoms with Crippen molar-refractivity contribution in [1.82, 2.24) is 10.0 Å². The molecule has 0 saturated heterocycles. The summed E-state index contributed by atoms with van der Waals surface area (Å²) in [5, 5.41) is 3.25. The van der Waals surface area contributed by atoms with Gasteiger partial charge in [0.2, 0.25) is 10.0 Å². The third kappa shape index (κ3) is 3.50. The fourth-order valence-corrected chi connectivity index (χ4v) is 7.49. The monoisotopic (exact) mass is 404 g/mol. The lowest BCUT2D eigenvalue weighted by Gasteiger charge is -2.59. The van der Waals surface area contributed by atoms with E-state index in [9.17, 15) is 13.2 Å². The van der Waals surface area contributed by atoms with Crippen LogP contribution in [0.2, 0.25) is 0 Å². The number of rotatable bonds is 6. The quantitative estimate of drug-likeness (QED) is 0.760. The van der Waals surface area contributed by atoms with Gasteiger partial charge >= 0.3 is 0 Å². The van der Waals surface area contributed by atoms with Crippen LogP contribution in [0.1, 0.15) is 68.3 Å². The van der Waals surface area contributed by atoms with Gasteiger partial charge in [-0.2, -0.15) is 0 Å². The van der Waals surface area contributed by atoms with E-state index < -0.39 is 10.0 Å². The van der Waals surface area contributed by atoms with Crippen molar-refractivity contribution in [2.45, 2.75) is 70.2 Å². The maximum absolute atomic E-state index is 13.1. The van der Waals surface area contributed by atoms with Gasteiger partial charge in [-0.25, -0.2) is 13.1 Å². The van der Waals surface area contributed by atoms with Crippen molar-refractivity contribution < 1.29 is 13.2 Å². The Morgan fingerprint density at radius 2 is 1.71 bits per heavy atom. The molecule has 4 aliphatic rings. The molecular weight excluding hydrogens is 372 g/mol. The van der Waals surface area contributed by atoms with Crippen LogP contribution in [0.5, 0.6) is 0 Å². The molecule has 4 aliphatic carbocycles. The number of sulfonamides is 1. The van der Waals surface area contributed by atoms with E-state index >= 15 is 0 Å². The highest BCUT2D eigenvalue weighted by Crippen LogP contribution is 2.61. The predicted molar refractivity (Wildman–Crippen MR) is 110 cm³/mol. The van der Waals surface area contributed by atoms with Crippen molar-refractivity contribution in [3.63, 3.8) is 0 Å². The second-order valence-electron chi connectivity index (χ2n) is 9.45. The van der Waals surface area contributed by atoms with Crippen LogP contribution in [0, 0.1) is 30.1 Å². The molecule has 0 radical (unpaired) electrons. The van der Waals surface area contributed by atoms with Crippen LogP contribution in [0.4, 0.5) is 0 Å². The van der Waals surface area contributed by atoms with E-state index in [1.54, 1.807) is 19.1 Å². The second-order valence-corrected chi connectivity index (χ2v) is 11.2. The van der Waals surface area contributed by atoms with Gasteiger partial charge in [0.15, 0.2) is 0 Å². The Morgan fingerprint density at radius 1 is 1.14 bits per heavy atom. The minimum absolute atomic E-state index is 0.113. The average molecular weight is 405 g/mol. The largest absolute Gasteiger partial charge is 0.349 e. The summed E-state index contributed by atoms with van der Waals surface area (Å²) in [6.07, 6.45) is 7.83. The van der Waals surface area contributed by atoms with E-state index in [1.807, 2.05) is 6.92 Å². The molecule has 1 atom stereocenters. The SMILES string of the molecule is CCNS(=O)(=O)c1ccc(C)c(C(=O)N[C@@H](C)C23CC4CC(CC(C4)C2)C3)c1. The van der Waals surface area contributed by atoms with Crippen molar-refractivity contribution in [2.75, 3.05) is 6.54 Å². The second kappa shape index (κ2) is 7.13. The highest BCUT2D eigenvalue weighted by Gasteiger charge is 2.53. The Labute approximate surface area is 168 Å². The summed E-state index contributed by atoms with van der Waals surface area (Å²) in [5.74, 6) is 2.34. The van der Waals surface area contributed by atoms with Crippen molar-refractivity contribution in [2.24, 2.45) is 23.2 Å². The minimum Gasteiger partial charge on any atom is -0.349 e. The molecule has 4 saturated carbocycles. The summed E-state index contributed by atoms with van der Waals surface area (Å²) in [4.78, 5) is 13.2. The summed E-state index contributed by atoms with van der Waals surface area (Å²) in [6, 6.07) is 4.90. The molecule has 5 rings (SSSR count). The fourth-order valence-electron chi connectivity index (χ4n) is 6.42. The van der Waals surface area contributed by atoms with E-state index in [1.165, 1.54) is 44.6 Å². The van der Waals surface area contributed by atoms with Crippen LogP contribution in [0.3, 0.4) is 0 Å². The predicted octanol–water partition coefficient (Wildman–Crippen LogP) is 3.63. The summed E-state index contributed by atoms with van der Waals surface area (Å²) < 4.78 is 27.1. The van der Waals surface area contributed by atoms with Crippen LogP contribution in [-0.4, -0.2) is 26.9 Å². The van der Waals surface area contributed by atoms with E-state index in [0.717, 1.165) is 23.3 Å². The summed E-state index contributed by atoms with van der Waals surface area (Å²) in [7, 11) is -3.58. The maximum atomic E-state index is 13.1. The molecule has 0 aliphatic heterocycles. The van der Waals surface area contributed by atoms with Crippen molar-refractivity contribution in [1.29, 1.82) is 0 Å². The van der Waals surface area contributed by atoms with Gasteiger partial charge in [0.05, 0.1) is 4.90 Å². The van der Waals surface area contributed by atoms with E-state index in [4.69, 9.17) is 0 Å². The van der Waals surface area contributed by atoms with Gasteiger partial charge in [-0.1, -0.05) is 13.0 Å². The lowest BCUT2D eigenvalue weighted by Crippen LogP contribution is -2.55. The molecule has 1 aromatic carbocycles. The van der Waals surface area contributed by atoms with Gasteiger partial charge in [0.25, 0.3) is 5.91 Å². The summed E-state index contributed by atoms with van der Waals surface area (Å²) in [6.45, 7) is 6.07. The Balaban J connectivity index is 1.54.